The Kier molecular flexibility index (Phi) is 3.28. The van der Waals surface area contributed by atoms with Crippen LogP contribution in [0.2, 0.25) is 0 Å². The van der Waals surface area contributed by atoms with Gasteiger partial charge in [0, 0.05) is 0 Å². The van der Waals surface area contributed by atoms with Crippen LogP contribution in [0.1, 0.15) is 0 Å². The Morgan fingerprint density at radius 3 is 2.50 bits per heavy atom. The molecule has 0 amide bonds. The SMILES string of the molecule is Cl[Si](Cl)(Cl)COCC1CO1. The van der Waals surface area contributed by atoms with Gasteiger partial charge in [-0.3, -0.25) is 0 Å². The first-order valence-electron chi connectivity index (χ1n) is 2.84. The zero-order valence-corrected chi connectivity index (χ0v) is 8.42. The first-order chi connectivity index (χ1) is 4.58. The van der Waals surface area contributed by atoms with Crippen LogP contribution >= 0.6 is 33.2 Å². The van der Waals surface area contributed by atoms with Gasteiger partial charge in [0.05, 0.1) is 19.4 Å². The van der Waals surface area contributed by atoms with Gasteiger partial charge in [-0.1, -0.05) is 0 Å². The second-order valence-electron chi connectivity index (χ2n) is 2.09. The van der Waals surface area contributed by atoms with Gasteiger partial charge in [-0.25, -0.2) is 0 Å². The molecule has 60 valence electrons. The fraction of sp³-hybridized carbons (Fsp3) is 1.00. The molecule has 1 heterocycles. The predicted molar refractivity (Wildman–Crippen MR) is 43.9 cm³/mol. The van der Waals surface area contributed by atoms with Gasteiger partial charge in [-0.05, 0) is 0 Å². The molecule has 1 saturated heterocycles. The first-order valence-corrected chi connectivity index (χ1v) is 8.08. The highest BCUT2D eigenvalue weighted by Crippen LogP contribution is 2.20. The van der Waals surface area contributed by atoms with E-state index in [2.05, 4.69) is 0 Å². The molecule has 1 rings (SSSR count). The highest BCUT2D eigenvalue weighted by atomic mass is 35.8. The van der Waals surface area contributed by atoms with Crippen molar-refractivity contribution in [2.75, 3.05) is 19.4 Å². The number of hydrogen-bond donors (Lipinski definition) is 0. The van der Waals surface area contributed by atoms with E-state index in [4.69, 9.17) is 42.7 Å². The van der Waals surface area contributed by atoms with Gasteiger partial charge >= 0.3 is 6.00 Å². The smallest absolute Gasteiger partial charge is 0.365 e. The quantitative estimate of drug-likeness (QED) is 0.409. The van der Waals surface area contributed by atoms with Crippen molar-refractivity contribution >= 4 is 39.2 Å². The van der Waals surface area contributed by atoms with Gasteiger partial charge in [0.1, 0.15) is 6.10 Å². The molecule has 1 unspecified atom stereocenters. The van der Waals surface area contributed by atoms with E-state index in [9.17, 15) is 0 Å². The van der Waals surface area contributed by atoms with Crippen LogP contribution in [0, 0.1) is 0 Å². The lowest BCUT2D eigenvalue weighted by atomic mass is 10.5. The summed E-state index contributed by atoms with van der Waals surface area (Å²) in [5, 5.41) is 0. The topological polar surface area (TPSA) is 21.8 Å². The van der Waals surface area contributed by atoms with Crippen molar-refractivity contribution < 1.29 is 9.47 Å². The Hall–Kier alpha value is 1.01. The molecular weight excluding hydrogens is 214 g/mol. The monoisotopic (exact) mass is 220 g/mol. The van der Waals surface area contributed by atoms with Gasteiger partial charge in [0.25, 0.3) is 0 Å². The molecule has 0 aliphatic carbocycles. The highest BCUT2D eigenvalue weighted by Gasteiger charge is 2.28. The van der Waals surface area contributed by atoms with Crippen LogP contribution < -0.4 is 0 Å². The van der Waals surface area contributed by atoms with E-state index in [0.29, 0.717) is 6.61 Å². The Labute approximate surface area is 74.5 Å². The fourth-order valence-corrected chi connectivity index (χ4v) is 1.51. The Morgan fingerprint density at radius 1 is 1.50 bits per heavy atom. The largest absolute Gasteiger partial charge is 0.378 e. The van der Waals surface area contributed by atoms with E-state index in [1.807, 2.05) is 0 Å². The summed E-state index contributed by atoms with van der Waals surface area (Å²) in [6.45, 7) is 1.34. The minimum Gasteiger partial charge on any atom is -0.378 e. The summed E-state index contributed by atoms with van der Waals surface area (Å²) in [5.41, 5.74) is 0. The van der Waals surface area contributed by atoms with E-state index >= 15 is 0 Å². The van der Waals surface area contributed by atoms with Crippen LogP contribution in [0.5, 0.6) is 0 Å². The third-order valence-electron chi connectivity index (χ3n) is 0.972. The van der Waals surface area contributed by atoms with Crippen LogP contribution in [0.3, 0.4) is 0 Å². The second-order valence-corrected chi connectivity index (χ2v) is 11.2. The molecule has 0 spiro atoms. The van der Waals surface area contributed by atoms with E-state index in [1.165, 1.54) is 0 Å². The van der Waals surface area contributed by atoms with Crippen molar-refractivity contribution in [2.24, 2.45) is 0 Å². The summed E-state index contributed by atoms with van der Waals surface area (Å²) in [4.78, 5) is 0. The van der Waals surface area contributed by atoms with Crippen molar-refractivity contribution in [2.45, 2.75) is 6.10 Å². The standard InChI is InChI=1S/C4H7Cl3O2Si/c5-10(6,7)3-8-1-4-2-9-4/h4H,1-3H2. The van der Waals surface area contributed by atoms with Crippen molar-refractivity contribution in [1.82, 2.24) is 0 Å². The zero-order valence-electron chi connectivity index (χ0n) is 5.15. The Morgan fingerprint density at radius 2 is 2.10 bits per heavy atom. The molecule has 0 aromatic heterocycles. The van der Waals surface area contributed by atoms with Gasteiger partial charge in [0.15, 0.2) is 0 Å². The molecule has 0 aromatic carbocycles. The molecule has 1 aliphatic rings. The number of hydrogen-bond acceptors (Lipinski definition) is 2. The molecule has 0 aromatic rings. The summed E-state index contributed by atoms with van der Waals surface area (Å²) in [5.74, 6) is 0. The molecular formula is C4H7Cl3O2Si. The van der Waals surface area contributed by atoms with Gasteiger partial charge < -0.3 is 9.47 Å². The van der Waals surface area contributed by atoms with Gasteiger partial charge in [-0.2, -0.15) is 0 Å². The number of ether oxygens (including phenoxy) is 2. The van der Waals surface area contributed by atoms with Crippen LogP contribution in [0.25, 0.3) is 0 Å². The van der Waals surface area contributed by atoms with E-state index in [-0.39, 0.29) is 12.3 Å². The third-order valence-corrected chi connectivity index (χ3v) is 2.49. The molecule has 0 saturated carbocycles. The van der Waals surface area contributed by atoms with Gasteiger partial charge in [-0.15, -0.1) is 33.2 Å². The summed E-state index contributed by atoms with van der Waals surface area (Å²) >= 11 is 16.6. The summed E-state index contributed by atoms with van der Waals surface area (Å²) in [6, 6.07) is -2.56. The van der Waals surface area contributed by atoms with Crippen molar-refractivity contribution in [1.29, 1.82) is 0 Å². The second kappa shape index (κ2) is 3.60. The highest BCUT2D eigenvalue weighted by molar-refractivity contribution is 7.64. The van der Waals surface area contributed by atoms with Crippen LogP contribution in [0.4, 0.5) is 0 Å². The fourth-order valence-electron chi connectivity index (χ4n) is 0.470. The van der Waals surface area contributed by atoms with Crippen molar-refractivity contribution in [3.63, 3.8) is 0 Å². The predicted octanol–water partition coefficient (Wildman–Crippen LogP) is 1.60. The summed E-state index contributed by atoms with van der Waals surface area (Å²) < 4.78 is 9.95. The normalized spacial score (nSPS) is 24.9. The number of halogens is 3. The van der Waals surface area contributed by atoms with Crippen LogP contribution in [-0.4, -0.2) is 31.6 Å². The summed E-state index contributed by atoms with van der Waals surface area (Å²) in [6.07, 6.45) is 0.513. The van der Waals surface area contributed by atoms with Crippen molar-refractivity contribution in [3.05, 3.63) is 0 Å². The average Bonchev–Trinajstić information content (AvgIpc) is 2.45. The molecule has 1 atom stereocenters. The maximum Gasteiger partial charge on any atom is 0.365 e. The van der Waals surface area contributed by atoms with Crippen LogP contribution in [-0.2, 0) is 9.47 Å². The number of epoxide rings is 1. The lowest BCUT2D eigenvalue weighted by molar-refractivity contribution is 0.153. The lowest BCUT2D eigenvalue weighted by Crippen LogP contribution is -2.21. The van der Waals surface area contributed by atoms with Gasteiger partial charge in [0.2, 0.25) is 0 Å². The van der Waals surface area contributed by atoms with Crippen LogP contribution in [0.15, 0.2) is 0 Å². The molecule has 0 radical (unpaired) electrons. The molecule has 6 heteroatoms. The Bertz CT molecular complexity index is 112. The minimum atomic E-state index is -2.56. The lowest BCUT2D eigenvalue weighted by Gasteiger charge is -2.06. The molecule has 0 bridgehead atoms. The Balaban J connectivity index is 1.93. The minimum absolute atomic E-state index is 0.251. The van der Waals surface area contributed by atoms with Crippen molar-refractivity contribution in [3.8, 4) is 0 Å². The maximum absolute atomic E-state index is 5.54. The molecule has 2 nitrogen and oxygen atoms in total. The maximum atomic E-state index is 5.54. The average molecular weight is 222 g/mol. The third kappa shape index (κ3) is 4.77. The van der Waals surface area contributed by atoms with E-state index in [1.54, 1.807) is 0 Å². The number of rotatable bonds is 4. The first kappa shape index (κ1) is 9.10. The molecule has 0 N–H and O–H groups in total. The molecule has 1 aliphatic heterocycles. The molecule has 10 heavy (non-hydrogen) atoms. The van der Waals surface area contributed by atoms with E-state index < -0.39 is 6.00 Å². The molecule has 1 fully saturated rings. The van der Waals surface area contributed by atoms with E-state index in [0.717, 1.165) is 6.61 Å². The summed E-state index contributed by atoms with van der Waals surface area (Å²) in [7, 11) is 0. The zero-order chi connectivity index (χ0) is 7.61.